The van der Waals surface area contributed by atoms with Crippen molar-refractivity contribution in [1.82, 2.24) is 15.0 Å². The number of hydrogen-bond donors (Lipinski definition) is 0. The Balaban J connectivity index is 1.25. The molecule has 2 aromatic heterocycles. The molecular weight excluding hydrogens is 571 g/mol. The van der Waals surface area contributed by atoms with Gasteiger partial charge in [-0.2, -0.15) is 0 Å². The van der Waals surface area contributed by atoms with Crippen LogP contribution in [0.1, 0.15) is 25.0 Å². The summed E-state index contributed by atoms with van der Waals surface area (Å²) in [5, 5.41) is 3.64. The average Bonchev–Trinajstić information content (AvgIpc) is 3.36. The van der Waals surface area contributed by atoms with E-state index < -0.39 is 0 Å². The quantitative estimate of drug-likeness (QED) is 0.201. The van der Waals surface area contributed by atoms with Gasteiger partial charge in [0.2, 0.25) is 0 Å². The van der Waals surface area contributed by atoms with E-state index in [9.17, 15) is 0 Å². The lowest BCUT2D eigenvalue weighted by molar-refractivity contribution is 0.661. The minimum atomic E-state index is -0.134. The highest BCUT2D eigenvalue weighted by molar-refractivity contribution is 5.98. The molecule has 1 aliphatic carbocycles. The minimum absolute atomic E-state index is 0.134. The predicted molar refractivity (Wildman–Crippen MR) is 194 cm³/mol. The molecule has 8 aromatic rings. The van der Waals surface area contributed by atoms with Crippen molar-refractivity contribution in [3.63, 3.8) is 0 Å². The summed E-state index contributed by atoms with van der Waals surface area (Å²) in [4.78, 5) is 15.1. The maximum Gasteiger partial charge on any atom is 0.160 e. The molecule has 0 saturated carbocycles. The Labute approximate surface area is 274 Å². The van der Waals surface area contributed by atoms with Crippen LogP contribution < -0.4 is 0 Å². The first-order valence-electron chi connectivity index (χ1n) is 16.1. The number of para-hydroxylation sites is 1. The van der Waals surface area contributed by atoms with Crippen LogP contribution in [0.15, 0.2) is 152 Å². The molecule has 9 rings (SSSR count). The van der Waals surface area contributed by atoms with Gasteiger partial charge in [-0.3, -0.25) is 4.98 Å². The largest absolute Gasteiger partial charge is 0.256 e. The molecule has 0 bridgehead atoms. The Hall–Kier alpha value is -5.93. The van der Waals surface area contributed by atoms with E-state index in [1.165, 1.54) is 33.0 Å². The van der Waals surface area contributed by atoms with Gasteiger partial charge in [0.25, 0.3) is 0 Å². The molecule has 0 fully saturated rings. The number of aromatic nitrogens is 3. The van der Waals surface area contributed by atoms with Gasteiger partial charge in [0.1, 0.15) is 0 Å². The highest BCUT2D eigenvalue weighted by Gasteiger charge is 2.37. The second-order valence-corrected chi connectivity index (χ2v) is 12.9. The van der Waals surface area contributed by atoms with Crippen LogP contribution in [0, 0.1) is 0 Å². The van der Waals surface area contributed by atoms with E-state index in [0.29, 0.717) is 5.82 Å². The van der Waals surface area contributed by atoms with E-state index in [2.05, 4.69) is 129 Å². The standard InChI is InChI=1S/C44H31N3/c1-44(2)37-20-11-19-35(42(37)36-24-30-14-6-7-15-31(30)25-38(36)44)41-26-40(46-43(47-41)28-12-4-3-5-13-28)33-18-10-17-29(22-33)34-23-32-16-8-9-21-39(32)45-27-34/h3-27H,1-2H3. The fourth-order valence-corrected chi connectivity index (χ4v) is 7.22. The minimum Gasteiger partial charge on any atom is -0.256 e. The zero-order valence-electron chi connectivity index (χ0n) is 26.3. The summed E-state index contributed by atoms with van der Waals surface area (Å²) in [6.07, 6.45) is 1.96. The zero-order valence-corrected chi connectivity index (χ0v) is 26.3. The van der Waals surface area contributed by atoms with E-state index in [1.807, 2.05) is 36.5 Å². The topological polar surface area (TPSA) is 38.7 Å². The Morgan fingerprint density at radius 2 is 1.13 bits per heavy atom. The fraction of sp³-hybridized carbons (Fsp3) is 0.0682. The van der Waals surface area contributed by atoms with Crippen molar-refractivity contribution in [3.05, 3.63) is 163 Å². The van der Waals surface area contributed by atoms with Crippen LogP contribution in [0.4, 0.5) is 0 Å². The molecule has 1 aliphatic rings. The van der Waals surface area contributed by atoms with E-state index in [1.54, 1.807) is 0 Å². The summed E-state index contributed by atoms with van der Waals surface area (Å²) in [6.45, 7) is 4.67. The van der Waals surface area contributed by atoms with E-state index in [4.69, 9.17) is 15.0 Å². The Bertz CT molecular complexity index is 2490. The van der Waals surface area contributed by atoms with Gasteiger partial charge >= 0.3 is 0 Å². The fourth-order valence-electron chi connectivity index (χ4n) is 7.22. The molecule has 0 radical (unpaired) electrons. The zero-order chi connectivity index (χ0) is 31.5. The predicted octanol–water partition coefficient (Wildman–Crippen LogP) is 11.2. The first-order chi connectivity index (χ1) is 23.0. The van der Waals surface area contributed by atoms with Crippen molar-refractivity contribution < 1.29 is 0 Å². The van der Waals surface area contributed by atoms with Crippen LogP contribution in [0.5, 0.6) is 0 Å². The lowest BCUT2D eigenvalue weighted by Crippen LogP contribution is -2.14. The molecule has 0 saturated heterocycles. The van der Waals surface area contributed by atoms with Gasteiger partial charge in [-0.15, -0.1) is 0 Å². The summed E-state index contributed by atoms with van der Waals surface area (Å²) < 4.78 is 0. The van der Waals surface area contributed by atoms with Crippen molar-refractivity contribution in [3.8, 4) is 56.2 Å². The van der Waals surface area contributed by atoms with Crippen LogP contribution in [-0.2, 0) is 5.41 Å². The number of fused-ring (bicyclic) bond motifs is 5. The molecule has 3 nitrogen and oxygen atoms in total. The summed E-state index contributed by atoms with van der Waals surface area (Å²) >= 11 is 0. The molecule has 3 heteroatoms. The monoisotopic (exact) mass is 601 g/mol. The lowest BCUT2D eigenvalue weighted by Gasteiger charge is -2.22. The van der Waals surface area contributed by atoms with Crippen LogP contribution >= 0.6 is 0 Å². The van der Waals surface area contributed by atoms with Crippen molar-refractivity contribution in [2.45, 2.75) is 19.3 Å². The summed E-state index contributed by atoms with van der Waals surface area (Å²) in [7, 11) is 0. The van der Waals surface area contributed by atoms with Gasteiger partial charge in [-0.1, -0.05) is 123 Å². The molecule has 6 aromatic carbocycles. The molecule has 0 amide bonds. The van der Waals surface area contributed by atoms with Crippen LogP contribution in [0.2, 0.25) is 0 Å². The van der Waals surface area contributed by atoms with E-state index in [0.717, 1.165) is 50.1 Å². The van der Waals surface area contributed by atoms with E-state index in [-0.39, 0.29) is 5.41 Å². The number of nitrogens with zero attached hydrogens (tertiary/aromatic N) is 3. The van der Waals surface area contributed by atoms with Gasteiger partial charge in [-0.05, 0) is 75.0 Å². The maximum absolute atomic E-state index is 5.25. The number of pyridine rings is 1. The number of benzene rings is 6. The molecular formula is C44H31N3. The van der Waals surface area contributed by atoms with Gasteiger partial charge < -0.3 is 0 Å². The molecule has 0 N–H and O–H groups in total. The summed E-state index contributed by atoms with van der Waals surface area (Å²) in [5.74, 6) is 0.712. The second-order valence-electron chi connectivity index (χ2n) is 12.9. The molecule has 0 aliphatic heterocycles. The molecule has 0 unspecified atom stereocenters. The van der Waals surface area contributed by atoms with E-state index >= 15 is 0 Å². The Morgan fingerprint density at radius 3 is 1.98 bits per heavy atom. The van der Waals surface area contributed by atoms with Crippen LogP contribution in [0.3, 0.4) is 0 Å². The molecule has 0 spiro atoms. The molecule has 222 valence electrons. The first kappa shape index (κ1) is 27.4. The van der Waals surface area contributed by atoms with Gasteiger partial charge in [-0.25, -0.2) is 9.97 Å². The third kappa shape index (κ3) is 4.54. The van der Waals surface area contributed by atoms with Crippen molar-refractivity contribution in [1.29, 1.82) is 0 Å². The van der Waals surface area contributed by atoms with Crippen molar-refractivity contribution >= 4 is 21.7 Å². The average molecular weight is 602 g/mol. The number of hydrogen-bond acceptors (Lipinski definition) is 3. The first-order valence-corrected chi connectivity index (χ1v) is 16.1. The highest BCUT2D eigenvalue weighted by Crippen LogP contribution is 2.53. The normalized spacial score (nSPS) is 13.1. The van der Waals surface area contributed by atoms with Gasteiger partial charge in [0, 0.05) is 39.3 Å². The molecule has 47 heavy (non-hydrogen) atoms. The summed E-state index contributed by atoms with van der Waals surface area (Å²) in [5.41, 5.74) is 13.2. The Morgan fingerprint density at radius 1 is 0.447 bits per heavy atom. The van der Waals surface area contributed by atoms with Gasteiger partial charge in [0.15, 0.2) is 5.82 Å². The third-order valence-corrected chi connectivity index (χ3v) is 9.68. The Kier molecular flexibility index (Phi) is 6.16. The SMILES string of the molecule is CC1(C)c2cc3ccccc3cc2-c2c(-c3cc(-c4cccc(-c5cnc6ccccc6c5)c4)nc(-c4ccccc4)n3)cccc21. The lowest BCUT2D eigenvalue weighted by atomic mass is 9.81. The molecule has 2 heterocycles. The third-order valence-electron chi connectivity index (χ3n) is 9.68. The molecule has 0 atom stereocenters. The summed E-state index contributed by atoms with van der Waals surface area (Å²) in [6, 6.07) is 51.6. The number of rotatable bonds is 4. The maximum atomic E-state index is 5.25. The van der Waals surface area contributed by atoms with Gasteiger partial charge in [0.05, 0.1) is 16.9 Å². The van der Waals surface area contributed by atoms with Crippen LogP contribution in [-0.4, -0.2) is 15.0 Å². The second kappa shape index (κ2) is 10.6. The van der Waals surface area contributed by atoms with Crippen LogP contribution in [0.25, 0.3) is 77.8 Å². The smallest absolute Gasteiger partial charge is 0.160 e. The van der Waals surface area contributed by atoms with Crippen molar-refractivity contribution in [2.24, 2.45) is 0 Å². The van der Waals surface area contributed by atoms with Crippen molar-refractivity contribution in [2.75, 3.05) is 0 Å². The highest BCUT2D eigenvalue weighted by atomic mass is 14.9.